The Balaban J connectivity index is 2.26. The molecule has 0 heterocycles. The summed E-state index contributed by atoms with van der Waals surface area (Å²) in [5.74, 6) is -0.554. The summed E-state index contributed by atoms with van der Waals surface area (Å²) in [7, 11) is 1.34. The van der Waals surface area contributed by atoms with Gasteiger partial charge < -0.3 is 10.1 Å². The van der Waals surface area contributed by atoms with E-state index in [0.717, 1.165) is 25.3 Å². The average molecular weight is 300 g/mol. The normalized spacial score (nSPS) is 21.8. The van der Waals surface area contributed by atoms with E-state index < -0.39 is 10.7 Å². The summed E-state index contributed by atoms with van der Waals surface area (Å²) < 4.78 is 18.9. The first-order valence-electron chi connectivity index (χ1n) is 6.38. The second-order valence-corrected chi connectivity index (χ2v) is 5.79. The third-order valence-electron chi connectivity index (χ3n) is 3.56. The molecule has 1 aromatic rings. The molecule has 2 unspecified atom stereocenters. The molecule has 20 heavy (non-hydrogen) atoms. The van der Waals surface area contributed by atoms with Crippen LogP contribution in [0.5, 0.6) is 5.75 Å². The predicted molar refractivity (Wildman–Crippen MR) is 78.2 cm³/mol. The summed E-state index contributed by atoms with van der Waals surface area (Å²) in [6.07, 6.45) is 5.22. The number of thioether (sulfide) groups is 1. The lowest BCUT2D eigenvalue weighted by Crippen LogP contribution is -2.26. The highest BCUT2D eigenvalue weighted by atomic mass is 32.2. The number of methoxy groups -OCH3 is 1. The third-order valence-corrected chi connectivity index (χ3v) is 4.73. The number of ether oxygens (including phenoxy) is 1. The van der Waals surface area contributed by atoms with Crippen molar-refractivity contribution in [3.8, 4) is 5.75 Å². The minimum Gasteiger partial charge on any atom is -0.490 e. The molecule has 5 nitrogen and oxygen atoms in total. The maximum atomic E-state index is 14.0. The zero-order valence-electron chi connectivity index (χ0n) is 11.4. The van der Waals surface area contributed by atoms with Crippen LogP contribution in [0.1, 0.15) is 19.3 Å². The van der Waals surface area contributed by atoms with Gasteiger partial charge in [0.2, 0.25) is 0 Å². The number of nitrogens with one attached hydrogen (secondary N) is 1. The summed E-state index contributed by atoms with van der Waals surface area (Å²) in [4.78, 5) is 10.2. The number of rotatable bonds is 5. The second kappa shape index (κ2) is 6.30. The van der Waals surface area contributed by atoms with Gasteiger partial charge in [-0.05, 0) is 19.1 Å². The molecule has 1 aliphatic rings. The molecule has 110 valence electrons. The summed E-state index contributed by atoms with van der Waals surface area (Å²) >= 11 is 1.76. The molecule has 1 N–H and O–H groups in total. The van der Waals surface area contributed by atoms with Crippen LogP contribution in [0.25, 0.3) is 0 Å². The maximum absolute atomic E-state index is 14.0. The quantitative estimate of drug-likeness (QED) is 0.666. The van der Waals surface area contributed by atoms with Crippen LogP contribution in [0.15, 0.2) is 12.1 Å². The van der Waals surface area contributed by atoms with Crippen molar-refractivity contribution in [1.29, 1.82) is 0 Å². The van der Waals surface area contributed by atoms with Gasteiger partial charge in [-0.2, -0.15) is 11.8 Å². The molecule has 1 aliphatic carbocycles. The zero-order valence-corrected chi connectivity index (χ0v) is 12.2. The van der Waals surface area contributed by atoms with Crippen molar-refractivity contribution in [3.63, 3.8) is 0 Å². The van der Waals surface area contributed by atoms with E-state index in [1.807, 2.05) is 6.26 Å². The first-order valence-corrected chi connectivity index (χ1v) is 7.67. The molecule has 2 atom stereocenters. The molecule has 1 fully saturated rings. The number of nitrogens with zero attached hydrogens (tertiary/aromatic N) is 1. The maximum Gasteiger partial charge on any atom is 0.313 e. The summed E-state index contributed by atoms with van der Waals surface area (Å²) in [5.41, 5.74) is -0.0956. The molecular formula is C13H17FN2O3S. The van der Waals surface area contributed by atoms with Crippen molar-refractivity contribution < 1.29 is 14.1 Å². The van der Waals surface area contributed by atoms with E-state index in [4.69, 9.17) is 4.74 Å². The number of nitro groups is 1. The van der Waals surface area contributed by atoms with Crippen LogP contribution >= 0.6 is 11.8 Å². The fourth-order valence-corrected chi connectivity index (χ4v) is 3.47. The van der Waals surface area contributed by atoms with E-state index in [1.54, 1.807) is 11.8 Å². The van der Waals surface area contributed by atoms with E-state index in [0.29, 0.717) is 5.25 Å². The van der Waals surface area contributed by atoms with E-state index in [2.05, 4.69) is 5.32 Å². The lowest BCUT2D eigenvalue weighted by Gasteiger charge is -2.21. The molecule has 0 saturated heterocycles. The van der Waals surface area contributed by atoms with E-state index in [1.165, 1.54) is 13.2 Å². The van der Waals surface area contributed by atoms with Gasteiger partial charge >= 0.3 is 5.69 Å². The monoisotopic (exact) mass is 300 g/mol. The minimum absolute atomic E-state index is 0.0672. The number of hydrogen-bond acceptors (Lipinski definition) is 5. The average Bonchev–Trinajstić information content (AvgIpc) is 2.87. The van der Waals surface area contributed by atoms with E-state index >= 15 is 0 Å². The van der Waals surface area contributed by atoms with E-state index in [9.17, 15) is 14.5 Å². The molecule has 1 aromatic carbocycles. The molecule has 0 amide bonds. The van der Waals surface area contributed by atoms with Crippen molar-refractivity contribution in [3.05, 3.63) is 28.1 Å². The molecule has 0 spiro atoms. The summed E-state index contributed by atoms with van der Waals surface area (Å²) in [5, 5.41) is 14.4. The van der Waals surface area contributed by atoms with Gasteiger partial charge in [-0.1, -0.05) is 6.42 Å². The fraction of sp³-hybridized carbons (Fsp3) is 0.538. The van der Waals surface area contributed by atoms with Gasteiger partial charge in [-0.15, -0.1) is 0 Å². The van der Waals surface area contributed by atoms with Crippen molar-refractivity contribution >= 4 is 23.1 Å². The Hall–Kier alpha value is -1.50. The highest BCUT2D eigenvalue weighted by Crippen LogP contribution is 2.35. The van der Waals surface area contributed by atoms with Gasteiger partial charge in [0.1, 0.15) is 0 Å². The second-order valence-electron chi connectivity index (χ2n) is 4.72. The van der Waals surface area contributed by atoms with Crippen LogP contribution < -0.4 is 10.1 Å². The SMILES string of the molecule is COc1cc(NC2CCCC2SC)c(F)cc1[N+](=O)[O-]. The summed E-state index contributed by atoms with van der Waals surface area (Å²) in [6, 6.07) is 2.46. The van der Waals surface area contributed by atoms with Crippen molar-refractivity contribution in [2.24, 2.45) is 0 Å². The Bertz CT molecular complexity index is 513. The van der Waals surface area contributed by atoms with Crippen molar-refractivity contribution in [2.75, 3.05) is 18.7 Å². The Labute approximate surface area is 121 Å². The Morgan fingerprint density at radius 3 is 2.85 bits per heavy atom. The van der Waals surface area contributed by atoms with Gasteiger partial charge in [0.15, 0.2) is 11.6 Å². The van der Waals surface area contributed by atoms with Crippen LogP contribution in [-0.4, -0.2) is 29.6 Å². The molecule has 1 saturated carbocycles. The number of anilines is 1. The first kappa shape index (κ1) is 14.9. The van der Waals surface area contributed by atoms with Crippen molar-refractivity contribution in [2.45, 2.75) is 30.6 Å². The number of benzene rings is 1. The first-order chi connectivity index (χ1) is 9.56. The topological polar surface area (TPSA) is 64.4 Å². The highest BCUT2D eigenvalue weighted by Gasteiger charge is 2.28. The van der Waals surface area contributed by atoms with Crippen LogP contribution in [0.4, 0.5) is 15.8 Å². The molecular weight excluding hydrogens is 283 g/mol. The Kier molecular flexibility index (Phi) is 4.69. The van der Waals surface area contributed by atoms with Crippen molar-refractivity contribution in [1.82, 2.24) is 0 Å². The van der Waals surface area contributed by atoms with Gasteiger partial charge in [0.25, 0.3) is 0 Å². The molecule has 0 radical (unpaired) electrons. The van der Waals surface area contributed by atoms with E-state index in [-0.39, 0.29) is 23.2 Å². The predicted octanol–water partition coefficient (Wildman–Crippen LogP) is 3.44. The molecule has 0 bridgehead atoms. The highest BCUT2D eigenvalue weighted by molar-refractivity contribution is 7.99. The molecule has 7 heteroatoms. The number of halogens is 1. The van der Waals surface area contributed by atoms with Gasteiger partial charge in [0.05, 0.1) is 23.8 Å². The van der Waals surface area contributed by atoms with Gasteiger partial charge in [0, 0.05) is 17.4 Å². The summed E-state index contributed by atoms with van der Waals surface area (Å²) in [6.45, 7) is 0. The number of hydrogen-bond donors (Lipinski definition) is 1. The lowest BCUT2D eigenvalue weighted by atomic mass is 10.2. The molecule has 2 rings (SSSR count). The van der Waals surface area contributed by atoms with Crippen LogP contribution in [0.3, 0.4) is 0 Å². The molecule has 0 aliphatic heterocycles. The largest absolute Gasteiger partial charge is 0.490 e. The minimum atomic E-state index is -0.647. The van der Waals surface area contributed by atoms with Gasteiger partial charge in [-0.25, -0.2) is 4.39 Å². The molecule has 0 aromatic heterocycles. The Morgan fingerprint density at radius 2 is 2.25 bits per heavy atom. The standard InChI is InChI=1S/C13H17FN2O3S/c1-19-12-7-10(8(14)6-11(12)16(17)18)15-9-4-3-5-13(9)20-2/h6-7,9,13,15H,3-5H2,1-2H3. The Morgan fingerprint density at radius 1 is 1.50 bits per heavy atom. The van der Waals surface area contributed by atoms with Crippen LogP contribution in [-0.2, 0) is 0 Å². The lowest BCUT2D eigenvalue weighted by molar-refractivity contribution is -0.385. The zero-order chi connectivity index (χ0) is 14.7. The fourth-order valence-electron chi connectivity index (χ4n) is 2.53. The van der Waals surface area contributed by atoms with Crippen LogP contribution in [0.2, 0.25) is 0 Å². The van der Waals surface area contributed by atoms with Gasteiger partial charge in [-0.3, -0.25) is 10.1 Å². The van der Waals surface area contributed by atoms with Crippen LogP contribution in [0, 0.1) is 15.9 Å². The number of nitro benzene ring substituents is 1. The smallest absolute Gasteiger partial charge is 0.313 e. The third kappa shape index (κ3) is 2.98.